The number of nitrogens with zero attached hydrogens (tertiary/aromatic N) is 3. The largest absolute Gasteiger partial charge is 0.372 e. The van der Waals surface area contributed by atoms with E-state index < -0.39 is 20.6 Å². The van der Waals surface area contributed by atoms with E-state index >= 15 is 0 Å². The van der Waals surface area contributed by atoms with Gasteiger partial charge in [0.25, 0.3) is 5.69 Å². The van der Waals surface area contributed by atoms with Gasteiger partial charge in [-0.2, -0.15) is 4.31 Å². The second-order valence-corrected chi connectivity index (χ2v) is 7.05. The first kappa shape index (κ1) is 18.3. The normalized spacial score (nSPS) is 16.1. The molecule has 1 aromatic rings. The number of para-hydroxylation sites is 1. The van der Waals surface area contributed by atoms with Crippen LogP contribution in [0, 0.1) is 10.1 Å². The Kier molecular flexibility index (Phi) is 5.86. The molecule has 1 aliphatic heterocycles. The van der Waals surface area contributed by atoms with Gasteiger partial charge >= 0.3 is 0 Å². The predicted molar refractivity (Wildman–Crippen MR) is 84.9 cm³/mol. The Hall–Kier alpha value is -2.04. The van der Waals surface area contributed by atoms with E-state index in [0.717, 1.165) is 6.07 Å². The molecule has 2 rings (SSSR count). The van der Waals surface area contributed by atoms with E-state index in [2.05, 4.69) is 0 Å². The summed E-state index contributed by atoms with van der Waals surface area (Å²) in [5.74, 6) is -0.195. The Balaban J connectivity index is 2.11. The molecule has 24 heavy (non-hydrogen) atoms. The summed E-state index contributed by atoms with van der Waals surface area (Å²) in [6.07, 6.45) is 0. The molecule has 0 saturated carbocycles. The lowest BCUT2D eigenvalue weighted by Gasteiger charge is -2.33. The molecular formula is C14H19N3O6S. The molecule has 0 radical (unpaired) electrons. The van der Waals surface area contributed by atoms with Crippen molar-refractivity contribution in [3.63, 3.8) is 0 Å². The highest BCUT2D eigenvalue weighted by Crippen LogP contribution is 2.26. The standard InChI is InChI=1S/C14H19N3O6S/c1-2-23-11-14(18)15-7-9-16(10-8-15)24(21,22)13-6-4-3-5-12(13)17(19)20/h3-6H,2,7-11H2,1H3. The van der Waals surface area contributed by atoms with E-state index in [1.54, 1.807) is 6.92 Å². The smallest absolute Gasteiger partial charge is 0.289 e. The van der Waals surface area contributed by atoms with Gasteiger partial charge in [0.2, 0.25) is 15.9 Å². The molecule has 0 spiro atoms. The first-order valence-corrected chi connectivity index (χ1v) is 8.91. The average molecular weight is 357 g/mol. The topological polar surface area (TPSA) is 110 Å². The van der Waals surface area contributed by atoms with Crippen LogP contribution in [0.15, 0.2) is 29.2 Å². The summed E-state index contributed by atoms with van der Waals surface area (Å²) in [5, 5.41) is 11.0. The molecule has 0 bridgehead atoms. The molecule has 0 aromatic heterocycles. The highest BCUT2D eigenvalue weighted by molar-refractivity contribution is 7.89. The third kappa shape index (κ3) is 3.89. The minimum absolute atomic E-state index is 0.0343. The van der Waals surface area contributed by atoms with E-state index in [1.165, 1.54) is 27.4 Å². The van der Waals surface area contributed by atoms with Crippen molar-refractivity contribution in [2.24, 2.45) is 0 Å². The van der Waals surface area contributed by atoms with Gasteiger partial charge in [0.15, 0.2) is 4.90 Å². The monoisotopic (exact) mass is 357 g/mol. The summed E-state index contributed by atoms with van der Waals surface area (Å²) < 4.78 is 31.5. The molecule has 1 fully saturated rings. The molecule has 1 saturated heterocycles. The van der Waals surface area contributed by atoms with Gasteiger partial charge in [-0.3, -0.25) is 14.9 Å². The fraction of sp³-hybridized carbons (Fsp3) is 0.500. The van der Waals surface area contributed by atoms with Gasteiger partial charge in [0, 0.05) is 38.9 Å². The van der Waals surface area contributed by atoms with Crippen LogP contribution in [0.25, 0.3) is 0 Å². The quantitative estimate of drug-likeness (QED) is 0.540. The predicted octanol–water partition coefficient (Wildman–Crippen LogP) is 0.464. The zero-order valence-corrected chi connectivity index (χ0v) is 14.1. The summed E-state index contributed by atoms with van der Waals surface area (Å²) in [6.45, 7) is 2.81. The Bertz CT molecular complexity index is 713. The van der Waals surface area contributed by atoms with Gasteiger partial charge < -0.3 is 9.64 Å². The van der Waals surface area contributed by atoms with Crippen LogP contribution >= 0.6 is 0 Å². The van der Waals surface area contributed by atoms with E-state index in [-0.39, 0.29) is 43.6 Å². The van der Waals surface area contributed by atoms with Gasteiger partial charge in [0.1, 0.15) is 6.61 Å². The lowest BCUT2D eigenvalue weighted by atomic mass is 10.3. The van der Waals surface area contributed by atoms with Crippen molar-refractivity contribution in [1.82, 2.24) is 9.21 Å². The summed E-state index contributed by atoms with van der Waals surface area (Å²) in [4.78, 5) is 23.4. The maximum Gasteiger partial charge on any atom is 0.289 e. The van der Waals surface area contributed by atoms with Crippen LogP contribution in [0.4, 0.5) is 5.69 Å². The number of amides is 1. The Labute approximate surface area is 140 Å². The summed E-state index contributed by atoms with van der Waals surface area (Å²) in [7, 11) is -3.98. The molecule has 9 nitrogen and oxygen atoms in total. The zero-order chi connectivity index (χ0) is 17.7. The summed E-state index contributed by atoms with van der Waals surface area (Å²) in [5.41, 5.74) is -0.452. The number of ether oxygens (including phenoxy) is 1. The van der Waals surface area contributed by atoms with Crippen molar-refractivity contribution >= 4 is 21.6 Å². The lowest BCUT2D eigenvalue weighted by Crippen LogP contribution is -2.51. The number of nitro groups is 1. The number of hydrogen-bond donors (Lipinski definition) is 0. The molecule has 1 aliphatic rings. The van der Waals surface area contributed by atoms with Gasteiger partial charge in [-0.1, -0.05) is 12.1 Å². The van der Waals surface area contributed by atoms with E-state index in [4.69, 9.17) is 4.74 Å². The Morgan fingerprint density at radius 2 is 1.88 bits per heavy atom. The summed E-state index contributed by atoms with van der Waals surface area (Å²) in [6, 6.07) is 5.25. The van der Waals surface area contributed by atoms with E-state index in [0.29, 0.717) is 6.61 Å². The van der Waals surface area contributed by atoms with Crippen molar-refractivity contribution < 1.29 is 22.9 Å². The van der Waals surface area contributed by atoms with Crippen molar-refractivity contribution in [3.8, 4) is 0 Å². The van der Waals surface area contributed by atoms with E-state index in [9.17, 15) is 23.3 Å². The van der Waals surface area contributed by atoms with Gasteiger partial charge in [-0.25, -0.2) is 8.42 Å². The van der Waals surface area contributed by atoms with Crippen molar-refractivity contribution in [2.75, 3.05) is 39.4 Å². The van der Waals surface area contributed by atoms with Crippen LogP contribution in [0.2, 0.25) is 0 Å². The van der Waals surface area contributed by atoms with Gasteiger partial charge in [-0.05, 0) is 13.0 Å². The number of nitro benzene ring substituents is 1. The molecule has 10 heteroatoms. The number of carbonyl (C=O) groups excluding carboxylic acids is 1. The molecular weight excluding hydrogens is 338 g/mol. The number of carbonyl (C=O) groups is 1. The minimum Gasteiger partial charge on any atom is -0.372 e. The molecule has 1 aromatic carbocycles. The molecule has 1 amide bonds. The third-order valence-electron chi connectivity index (χ3n) is 3.70. The first-order chi connectivity index (χ1) is 11.4. The molecule has 0 N–H and O–H groups in total. The number of sulfonamides is 1. The van der Waals surface area contributed by atoms with Crippen LogP contribution in [0.3, 0.4) is 0 Å². The number of rotatable bonds is 6. The minimum atomic E-state index is -3.98. The zero-order valence-electron chi connectivity index (χ0n) is 13.3. The second-order valence-electron chi connectivity index (χ2n) is 5.15. The average Bonchev–Trinajstić information content (AvgIpc) is 2.59. The number of benzene rings is 1. The van der Waals surface area contributed by atoms with Crippen LogP contribution in [-0.2, 0) is 19.6 Å². The lowest BCUT2D eigenvalue weighted by molar-refractivity contribution is -0.387. The first-order valence-electron chi connectivity index (χ1n) is 7.47. The molecule has 132 valence electrons. The highest BCUT2D eigenvalue weighted by Gasteiger charge is 2.34. The van der Waals surface area contributed by atoms with Crippen molar-refractivity contribution in [2.45, 2.75) is 11.8 Å². The van der Waals surface area contributed by atoms with Crippen molar-refractivity contribution in [1.29, 1.82) is 0 Å². The summed E-state index contributed by atoms with van der Waals surface area (Å²) >= 11 is 0. The molecule has 1 heterocycles. The van der Waals surface area contributed by atoms with Crippen LogP contribution in [0.1, 0.15) is 6.92 Å². The maximum absolute atomic E-state index is 12.7. The van der Waals surface area contributed by atoms with Crippen LogP contribution < -0.4 is 0 Å². The fourth-order valence-corrected chi connectivity index (χ4v) is 4.00. The maximum atomic E-state index is 12.7. The Morgan fingerprint density at radius 1 is 1.25 bits per heavy atom. The molecule has 0 atom stereocenters. The van der Waals surface area contributed by atoms with E-state index in [1.807, 2.05) is 0 Å². The highest BCUT2D eigenvalue weighted by atomic mass is 32.2. The number of hydrogen-bond acceptors (Lipinski definition) is 6. The fourth-order valence-electron chi connectivity index (χ4n) is 2.42. The van der Waals surface area contributed by atoms with Crippen molar-refractivity contribution in [3.05, 3.63) is 34.4 Å². The second kappa shape index (κ2) is 7.69. The third-order valence-corrected chi connectivity index (χ3v) is 5.65. The van der Waals surface area contributed by atoms with Gasteiger partial charge in [-0.15, -0.1) is 0 Å². The Morgan fingerprint density at radius 3 is 2.46 bits per heavy atom. The number of piperazine rings is 1. The SMILES string of the molecule is CCOCC(=O)N1CCN(S(=O)(=O)c2ccccc2[N+](=O)[O-])CC1. The molecule has 0 aliphatic carbocycles. The molecule has 0 unspecified atom stereocenters. The van der Waals surface area contributed by atoms with Gasteiger partial charge in [0.05, 0.1) is 4.92 Å². The van der Waals surface area contributed by atoms with Crippen LogP contribution in [0.5, 0.6) is 0 Å². The van der Waals surface area contributed by atoms with Crippen LogP contribution in [-0.4, -0.2) is 67.8 Å².